The summed E-state index contributed by atoms with van der Waals surface area (Å²) in [6.07, 6.45) is 0. The fourth-order valence-corrected chi connectivity index (χ4v) is 0.0463. The molecule has 0 saturated heterocycles. The summed E-state index contributed by atoms with van der Waals surface area (Å²) >= 11 is 4.66. The summed E-state index contributed by atoms with van der Waals surface area (Å²) in [5, 5.41) is 10.3. The minimum Gasteiger partial charge on any atom is -0.408 e. The summed E-state index contributed by atoms with van der Waals surface area (Å²) < 4.78 is 3.87. The Morgan fingerprint density at radius 1 is 2.00 bits per heavy atom. The van der Waals surface area contributed by atoms with Crippen molar-refractivity contribution in [3.8, 4) is 0 Å². The Bertz CT molecular complexity index is 62.6. The van der Waals surface area contributed by atoms with Crippen LogP contribution in [-0.2, 0) is 4.29 Å². The molecule has 0 aromatic rings. The minimum absolute atomic E-state index is 0.0386. The molecule has 36 valence electrons. The molecule has 0 aromatic heterocycles. The first-order valence-electron chi connectivity index (χ1n) is 1.28. The average Bonchev–Trinajstić information content (AvgIpc) is 1.65. The molecule has 0 spiro atoms. The quantitative estimate of drug-likeness (QED) is 0.218. The average molecular weight is 110 g/mol. The van der Waals surface area contributed by atoms with Crippen molar-refractivity contribution in [2.24, 2.45) is 5.16 Å². The van der Waals surface area contributed by atoms with Crippen LogP contribution in [-0.4, -0.2) is 11.1 Å². The van der Waals surface area contributed by atoms with Crippen LogP contribution in [0, 0.1) is 0 Å². The summed E-state index contributed by atoms with van der Waals surface area (Å²) in [7, 11) is 0. The van der Waals surface area contributed by atoms with E-state index in [1.165, 1.54) is 6.92 Å². The second-order valence-corrected chi connectivity index (χ2v) is 0.850. The molecule has 0 heterocycles. The van der Waals surface area contributed by atoms with Crippen LogP contribution in [0.4, 0.5) is 0 Å². The van der Waals surface area contributed by atoms with Gasteiger partial charge in [0.15, 0.2) is 0 Å². The molecule has 0 saturated carbocycles. The van der Waals surface area contributed by atoms with E-state index in [9.17, 15) is 0 Å². The first-order valence-corrected chi connectivity index (χ1v) is 1.59. The van der Waals surface area contributed by atoms with Crippen LogP contribution in [0.25, 0.3) is 0 Å². The highest BCUT2D eigenvalue weighted by Gasteiger charge is 1.80. The van der Waals surface area contributed by atoms with E-state index >= 15 is 0 Å². The zero-order valence-corrected chi connectivity index (χ0v) is 3.94. The van der Waals surface area contributed by atoms with E-state index in [4.69, 9.17) is 5.21 Å². The number of hydrogen-bond acceptors (Lipinski definition) is 3. The lowest BCUT2D eigenvalue weighted by Gasteiger charge is -1.82. The van der Waals surface area contributed by atoms with Crippen LogP contribution in [0.5, 0.6) is 0 Å². The molecule has 1 N–H and O–H groups in total. The van der Waals surface area contributed by atoms with Gasteiger partial charge in [-0.15, -0.1) is 0 Å². The van der Waals surface area contributed by atoms with Crippen molar-refractivity contribution in [2.75, 3.05) is 0 Å². The van der Waals surface area contributed by atoms with Gasteiger partial charge in [0.1, 0.15) is 11.9 Å². The molecule has 6 heavy (non-hydrogen) atoms. The first kappa shape index (κ1) is 5.56. The monoisotopic (exact) mass is 109 g/mol. The molecule has 0 aliphatic carbocycles. The van der Waals surface area contributed by atoms with E-state index in [0.717, 1.165) is 0 Å². The van der Waals surface area contributed by atoms with Gasteiger partial charge in [0, 0.05) is 6.92 Å². The molecule has 0 bridgehead atoms. The Kier molecular flexibility index (Phi) is 2.58. The van der Waals surface area contributed by atoms with Crippen LogP contribution >= 0.6 is 11.9 Å². The maximum atomic E-state index is 7.71. The Labute approximate surface area is 40.3 Å². The molecule has 0 unspecified atom stereocenters. The lowest BCUT2D eigenvalue weighted by Crippen LogP contribution is -1.85. The maximum absolute atomic E-state index is 7.71. The van der Waals surface area contributed by atoms with Gasteiger partial charge in [-0.25, -0.2) is 0 Å². The summed E-state index contributed by atoms with van der Waals surface area (Å²) in [5.74, 6) is 0.0386. The molecule has 0 fully saturated rings. The molecule has 0 aliphatic rings. The van der Waals surface area contributed by atoms with Crippen LogP contribution in [0.2, 0.25) is 0 Å². The van der Waals surface area contributed by atoms with Crippen molar-refractivity contribution in [1.29, 1.82) is 0 Å². The molecule has 3 nitrogen and oxygen atoms in total. The number of oxime groups is 1. The van der Waals surface area contributed by atoms with E-state index in [1.807, 2.05) is 0 Å². The molecule has 4 heteroatoms. The molecule has 0 amide bonds. The molecular weight excluding hydrogens is 105 g/mol. The van der Waals surface area contributed by atoms with E-state index in [-0.39, 0.29) is 5.90 Å². The molecule has 0 atom stereocenters. The first-order chi connectivity index (χ1) is 2.81. The number of nitrogens with zero attached hydrogens (tertiary/aromatic N) is 1. The molecule has 0 rings (SSSR count). The van der Waals surface area contributed by atoms with Crippen LogP contribution in [0.3, 0.4) is 0 Å². The molecular formula is C2H4ClNO2. The second kappa shape index (κ2) is 2.78. The lowest BCUT2D eigenvalue weighted by molar-refractivity contribution is 0.305. The van der Waals surface area contributed by atoms with Crippen LogP contribution in [0.15, 0.2) is 5.16 Å². The second-order valence-electron chi connectivity index (χ2n) is 0.696. The third kappa shape index (κ3) is 1.84. The van der Waals surface area contributed by atoms with Gasteiger partial charge in [0.05, 0.1) is 0 Å². The van der Waals surface area contributed by atoms with E-state index in [2.05, 4.69) is 21.3 Å². The standard InChI is InChI=1S/C2H4ClNO2/c1-2(4-5)6-3/h5H,1H3. The summed E-state index contributed by atoms with van der Waals surface area (Å²) in [5.41, 5.74) is 0. The number of rotatable bonds is 0. The smallest absolute Gasteiger partial charge is 0.245 e. The Morgan fingerprint density at radius 3 is 2.50 bits per heavy atom. The van der Waals surface area contributed by atoms with Gasteiger partial charge in [-0.3, -0.25) is 0 Å². The van der Waals surface area contributed by atoms with E-state index in [1.54, 1.807) is 0 Å². The van der Waals surface area contributed by atoms with Gasteiger partial charge < -0.3 is 9.50 Å². The van der Waals surface area contributed by atoms with Crippen molar-refractivity contribution >= 4 is 17.8 Å². The molecule has 0 aromatic carbocycles. The van der Waals surface area contributed by atoms with Crippen molar-refractivity contribution < 1.29 is 9.50 Å². The Balaban J connectivity index is 3.22. The maximum Gasteiger partial charge on any atom is 0.245 e. The zero-order valence-electron chi connectivity index (χ0n) is 3.18. The van der Waals surface area contributed by atoms with Gasteiger partial charge in [0.2, 0.25) is 5.90 Å². The predicted octanol–water partition coefficient (Wildman–Crippen LogP) is 0.964. The normalized spacial score (nSPS) is 11.3. The van der Waals surface area contributed by atoms with Gasteiger partial charge in [-0.05, 0) is 0 Å². The van der Waals surface area contributed by atoms with Crippen molar-refractivity contribution in [3.63, 3.8) is 0 Å². The topological polar surface area (TPSA) is 41.8 Å². The zero-order chi connectivity index (χ0) is 4.99. The van der Waals surface area contributed by atoms with Crippen molar-refractivity contribution in [1.82, 2.24) is 0 Å². The van der Waals surface area contributed by atoms with Gasteiger partial charge >= 0.3 is 0 Å². The predicted molar refractivity (Wildman–Crippen MR) is 21.8 cm³/mol. The highest BCUT2D eigenvalue weighted by molar-refractivity contribution is 6.13. The number of hydrogen-bond donors (Lipinski definition) is 1. The SMILES string of the molecule is CC(=NO)OCl. The highest BCUT2D eigenvalue weighted by atomic mass is 35.5. The fraction of sp³-hybridized carbons (Fsp3) is 0.500. The molecule has 0 radical (unpaired) electrons. The van der Waals surface area contributed by atoms with Gasteiger partial charge in [0.25, 0.3) is 0 Å². The Hall–Kier alpha value is -0.440. The van der Waals surface area contributed by atoms with Crippen molar-refractivity contribution in [3.05, 3.63) is 0 Å². The molecule has 0 aliphatic heterocycles. The Morgan fingerprint density at radius 2 is 2.50 bits per heavy atom. The minimum atomic E-state index is 0.0386. The largest absolute Gasteiger partial charge is 0.408 e. The summed E-state index contributed by atoms with van der Waals surface area (Å²) in [4.78, 5) is 0. The van der Waals surface area contributed by atoms with Gasteiger partial charge in [-0.2, -0.15) is 0 Å². The van der Waals surface area contributed by atoms with Crippen LogP contribution in [0.1, 0.15) is 6.92 Å². The number of halogens is 1. The van der Waals surface area contributed by atoms with Crippen LogP contribution < -0.4 is 0 Å². The third-order valence-electron chi connectivity index (χ3n) is 0.252. The lowest BCUT2D eigenvalue weighted by atomic mass is 10.8. The highest BCUT2D eigenvalue weighted by Crippen LogP contribution is 1.80. The summed E-state index contributed by atoms with van der Waals surface area (Å²) in [6, 6.07) is 0. The van der Waals surface area contributed by atoms with Crippen molar-refractivity contribution in [2.45, 2.75) is 6.92 Å². The van der Waals surface area contributed by atoms with Gasteiger partial charge in [-0.1, -0.05) is 5.16 Å². The summed E-state index contributed by atoms with van der Waals surface area (Å²) in [6.45, 7) is 1.42. The van der Waals surface area contributed by atoms with E-state index in [0.29, 0.717) is 0 Å². The third-order valence-corrected chi connectivity index (χ3v) is 0.476. The fourth-order valence-electron chi connectivity index (χ4n) is 0.0154. The van der Waals surface area contributed by atoms with E-state index < -0.39 is 0 Å².